The molecular formula is C18H16BrNOS2. The molecule has 0 bridgehead atoms. The minimum Gasteiger partial charge on any atom is -0.339 e. The Morgan fingerprint density at radius 3 is 2.65 bits per heavy atom. The molecule has 0 aliphatic carbocycles. The van der Waals surface area contributed by atoms with Crippen molar-refractivity contribution in [3.8, 4) is 11.1 Å². The van der Waals surface area contributed by atoms with E-state index >= 15 is 0 Å². The lowest BCUT2D eigenvalue weighted by Gasteiger charge is -2.11. The molecule has 3 aromatic rings. The van der Waals surface area contributed by atoms with Gasteiger partial charge in [-0.1, -0.05) is 51.8 Å². The van der Waals surface area contributed by atoms with Crippen molar-refractivity contribution >= 4 is 54.4 Å². The molecule has 1 amide bonds. The second kappa shape index (κ2) is 6.67. The number of aryl methyl sites for hydroxylation is 1. The maximum atomic E-state index is 12.2. The molecule has 0 saturated heterocycles. The number of thiophene rings is 1. The van der Waals surface area contributed by atoms with Gasteiger partial charge in [0.15, 0.2) is 0 Å². The fraction of sp³-hybridized carbons (Fsp3) is 0.167. The third kappa shape index (κ3) is 3.32. The van der Waals surface area contributed by atoms with Gasteiger partial charge < -0.3 is 4.90 Å². The van der Waals surface area contributed by atoms with E-state index < -0.39 is 0 Å². The summed E-state index contributed by atoms with van der Waals surface area (Å²) in [5.41, 5.74) is 3.48. The molecule has 0 aliphatic rings. The largest absolute Gasteiger partial charge is 0.339 e. The van der Waals surface area contributed by atoms with E-state index in [0.717, 1.165) is 19.8 Å². The lowest BCUT2D eigenvalue weighted by Crippen LogP contribution is -2.15. The first-order chi connectivity index (χ1) is 11.0. The highest BCUT2D eigenvalue weighted by Gasteiger charge is 2.19. The van der Waals surface area contributed by atoms with Gasteiger partial charge in [0.2, 0.25) is 0 Å². The van der Waals surface area contributed by atoms with Gasteiger partial charge in [-0.2, -0.15) is 0 Å². The van der Waals surface area contributed by atoms with Gasteiger partial charge in [-0.25, -0.2) is 0 Å². The van der Waals surface area contributed by atoms with Crippen LogP contribution in [0.5, 0.6) is 0 Å². The van der Waals surface area contributed by atoms with Crippen molar-refractivity contribution in [1.29, 1.82) is 0 Å². The predicted molar refractivity (Wildman–Crippen MR) is 105 cm³/mol. The topological polar surface area (TPSA) is 20.3 Å². The van der Waals surface area contributed by atoms with E-state index in [2.05, 4.69) is 53.2 Å². The van der Waals surface area contributed by atoms with Crippen molar-refractivity contribution in [3.63, 3.8) is 0 Å². The predicted octanol–water partition coefficient (Wildman–Crippen LogP) is 6.41. The Hall–Kier alpha value is -1.30. The van der Waals surface area contributed by atoms with Crippen LogP contribution in [0.15, 0.2) is 51.1 Å². The van der Waals surface area contributed by atoms with Crippen LogP contribution in [-0.4, -0.2) is 24.2 Å². The van der Waals surface area contributed by atoms with Crippen LogP contribution in [0, 0.1) is 6.92 Å². The molecule has 0 spiro atoms. The molecule has 0 atom stereocenters. The Balaban J connectivity index is 2.24. The molecule has 0 N–H and O–H groups in total. The van der Waals surface area contributed by atoms with Crippen LogP contribution >= 0.6 is 39.0 Å². The number of hydrogen-bond acceptors (Lipinski definition) is 3. The van der Waals surface area contributed by atoms with Crippen LogP contribution in [0.1, 0.15) is 5.56 Å². The molecule has 118 valence electrons. The van der Waals surface area contributed by atoms with Crippen LogP contribution in [0.4, 0.5) is 4.79 Å². The van der Waals surface area contributed by atoms with Crippen molar-refractivity contribution in [2.45, 2.75) is 11.1 Å². The van der Waals surface area contributed by atoms with Crippen LogP contribution in [0.2, 0.25) is 0 Å². The molecule has 1 heterocycles. The van der Waals surface area contributed by atoms with Gasteiger partial charge in [0.05, 0.1) is 4.21 Å². The van der Waals surface area contributed by atoms with Gasteiger partial charge in [0, 0.05) is 34.2 Å². The van der Waals surface area contributed by atoms with Gasteiger partial charge >= 0.3 is 0 Å². The molecule has 2 aromatic carbocycles. The highest BCUT2D eigenvalue weighted by Crippen LogP contribution is 2.46. The van der Waals surface area contributed by atoms with Crippen molar-refractivity contribution in [2.75, 3.05) is 14.1 Å². The quantitative estimate of drug-likeness (QED) is 0.458. The van der Waals surface area contributed by atoms with Crippen LogP contribution in [0.3, 0.4) is 0 Å². The second-order valence-electron chi connectivity index (χ2n) is 5.51. The van der Waals surface area contributed by atoms with E-state index in [4.69, 9.17) is 0 Å². The number of carbonyl (C=O) groups excluding carboxylic acids is 1. The number of amides is 1. The summed E-state index contributed by atoms with van der Waals surface area (Å²) in [4.78, 5) is 13.8. The number of hydrogen-bond donors (Lipinski definition) is 0. The zero-order valence-electron chi connectivity index (χ0n) is 13.1. The maximum Gasteiger partial charge on any atom is 0.286 e. The van der Waals surface area contributed by atoms with E-state index in [1.807, 2.05) is 12.1 Å². The monoisotopic (exact) mass is 405 g/mol. The molecule has 0 unspecified atom stereocenters. The van der Waals surface area contributed by atoms with Crippen LogP contribution in [-0.2, 0) is 0 Å². The van der Waals surface area contributed by atoms with Gasteiger partial charge in [0.25, 0.3) is 5.24 Å². The Morgan fingerprint density at radius 1 is 1.17 bits per heavy atom. The summed E-state index contributed by atoms with van der Waals surface area (Å²) < 4.78 is 3.28. The summed E-state index contributed by atoms with van der Waals surface area (Å²) in [5, 5.41) is 1.24. The van der Waals surface area contributed by atoms with E-state index in [0.29, 0.717) is 0 Å². The zero-order chi connectivity index (χ0) is 16.6. The minimum absolute atomic E-state index is 0.0431. The molecule has 23 heavy (non-hydrogen) atoms. The Bertz CT molecular complexity index is 886. The SMILES string of the molecule is Cc1ccc(Br)c(-c2c(SC(=O)N(C)C)sc3ccccc23)c1. The summed E-state index contributed by atoms with van der Waals surface area (Å²) in [6.07, 6.45) is 0. The fourth-order valence-electron chi connectivity index (χ4n) is 2.35. The first-order valence-corrected chi connectivity index (χ1v) is 9.57. The van der Waals surface area contributed by atoms with Crippen molar-refractivity contribution in [2.24, 2.45) is 0 Å². The molecule has 0 fully saturated rings. The number of thioether (sulfide) groups is 1. The highest BCUT2D eigenvalue weighted by atomic mass is 79.9. The summed E-state index contributed by atoms with van der Waals surface area (Å²) in [6.45, 7) is 2.09. The Labute approximate surface area is 152 Å². The maximum absolute atomic E-state index is 12.2. The minimum atomic E-state index is 0.0431. The number of carbonyl (C=O) groups is 1. The highest BCUT2D eigenvalue weighted by molar-refractivity contribution is 9.10. The van der Waals surface area contributed by atoms with Gasteiger partial charge in [-0.05, 0) is 36.4 Å². The first-order valence-electron chi connectivity index (χ1n) is 7.14. The summed E-state index contributed by atoms with van der Waals surface area (Å²) in [7, 11) is 3.57. The number of nitrogens with zero attached hydrogens (tertiary/aromatic N) is 1. The van der Waals surface area contributed by atoms with Crippen LogP contribution < -0.4 is 0 Å². The fourth-order valence-corrected chi connectivity index (χ4v) is 5.06. The first kappa shape index (κ1) is 16.6. The average Bonchev–Trinajstić information content (AvgIpc) is 2.87. The smallest absolute Gasteiger partial charge is 0.286 e. The number of fused-ring (bicyclic) bond motifs is 1. The standard InChI is InChI=1S/C18H16BrNOS2/c1-11-8-9-14(19)13(10-11)16-12-6-4-5-7-15(12)22-17(16)23-18(21)20(2)3/h4-10H,1-3H3. The van der Waals surface area contributed by atoms with E-state index in [1.54, 1.807) is 30.3 Å². The van der Waals surface area contributed by atoms with Crippen molar-refractivity contribution in [1.82, 2.24) is 4.90 Å². The van der Waals surface area contributed by atoms with Crippen LogP contribution in [0.25, 0.3) is 21.2 Å². The van der Waals surface area contributed by atoms with Crippen molar-refractivity contribution < 1.29 is 4.79 Å². The van der Waals surface area contributed by atoms with E-state index in [9.17, 15) is 4.79 Å². The third-order valence-electron chi connectivity index (χ3n) is 3.50. The van der Waals surface area contributed by atoms with Gasteiger partial charge in [-0.3, -0.25) is 4.79 Å². The normalized spacial score (nSPS) is 11.0. The average molecular weight is 406 g/mol. The third-order valence-corrected chi connectivity index (χ3v) is 6.59. The number of benzene rings is 2. The van der Waals surface area contributed by atoms with E-state index in [-0.39, 0.29) is 5.24 Å². The molecule has 5 heteroatoms. The summed E-state index contributed by atoms with van der Waals surface area (Å²) in [6, 6.07) is 14.6. The molecule has 0 aliphatic heterocycles. The Kier molecular flexibility index (Phi) is 4.80. The lowest BCUT2D eigenvalue weighted by molar-refractivity contribution is 0.241. The van der Waals surface area contributed by atoms with Crippen molar-refractivity contribution in [3.05, 3.63) is 52.5 Å². The summed E-state index contributed by atoms with van der Waals surface area (Å²) in [5.74, 6) is 0. The molecule has 0 saturated carbocycles. The number of rotatable bonds is 2. The zero-order valence-corrected chi connectivity index (χ0v) is 16.3. The van der Waals surface area contributed by atoms with Gasteiger partial charge in [0.1, 0.15) is 0 Å². The summed E-state index contributed by atoms with van der Waals surface area (Å²) >= 11 is 6.64. The molecule has 3 rings (SSSR count). The molecule has 2 nitrogen and oxygen atoms in total. The second-order valence-corrected chi connectivity index (χ2v) is 8.63. The van der Waals surface area contributed by atoms with E-state index in [1.165, 1.54) is 27.4 Å². The number of halogens is 1. The molecule has 0 radical (unpaired) electrons. The van der Waals surface area contributed by atoms with Gasteiger partial charge in [-0.15, -0.1) is 11.3 Å². The molecule has 1 aromatic heterocycles. The Morgan fingerprint density at radius 2 is 1.91 bits per heavy atom. The molecular weight excluding hydrogens is 390 g/mol. The lowest BCUT2D eigenvalue weighted by atomic mass is 10.0.